The van der Waals surface area contributed by atoms with E-state index in [2.05, 4.69) is 9.71 Å². The molecule has 0 aliphatic heterocycles. The van der Waals surface area contributed by atoms with E-state index in [9.17, 15) is 8.42 Å². The van der Waals surface area contributed by atoms with E-state index in [1.165, 1.54) is 12.3 Å². The second-order valence-corrected chi connectivity index (χ2v) is 4.70. The van der Waals surface area contributed by atoms with E-state index in [0.29, 0.717) is 5.69 Å². The summed E-state index contributed by atoms with van der Waals surface area (Å²) in [5.41, 5.74) is 0.554. The number of anilines is 1. The molecule has 4 nitrogen and oxygen atoms in total. The topological polar surface area (TPSA) is 62.0 Å². The summed E-state index contributed by atoms with van der Waals surface area (Å²) in [7, 11) is -3.45. The van der Waals surface area contributed by atoms with Crippen LogP contribution in [-0.4, -0.2) is 13.4 Å². The molecule has 1 heterocycles. The van der Waals surface area contributed by atoms with Gasteiger partial charge in [0.1, 0.15) is 4.90 Å². The number of hydrogen-bond donors (Lipinski definition) is 2. The Morgan fingerprint density at radius 2 is 1.80 bits per heavy atom. The van der Waals surface area contributed by atoms with Crippen molar-refractivity contribution in [1.29, 1.82) is 0 Å². The van der Waals surface area contributed by atoms with E-state index >= 15 is 0 Å². The van der Waals surface area contributed by atoms with Crippen LogP contribution in [0.5, 0.6) is 0 Å². The minimum Gasteiger partial charge on any atom is -0.366 e. The molecule has 5 heteroatoms. The number of hydrogen-bond acceptors (Lipinski definition) is 2. The maximum atomic E-state index is 11.7. The van der Waals surface area contributed by atoms with Crippen molar-refractivity contribution in [3.05, 3.63) is 48.8 Å². The first-order valence-electron chi connectivity index (χ1n) is 4.39. The average Bonchev–Trinajstić information content (AvgIpc) is 2.71. The number of benzene rings is 1. The fourth-order valence-electron chi connectivity index (χ4n) is 1.20. The van der Waals surface area contributed by atoms with Gasteiger partial charge >= 0.3 is 0 Å². The molecule has 0 saturated heterocycles. The quantitative estimate of drug-likeness (QED) is 0.832. The molecule has 0 fully saturated rings. The lowest BCUT2D eigenvalue weighted by Gasteiger charge is -2.05. The molecule has 0 atom stereocenters. The summed E-state index contributed by atoms with van der Waals surface area (Å²) >= 11 is 0. The third-order valence-corrected chi connectivity index (χ3v) is 3.28. The number of sulfonamides is 1. The highest BCUT2D eigenvalue weighted by Crippen LogP contribution is 2.14. The van der Waals surface area contributed by atoms with Crippen molar-refractivity contribution in [2.75, 3.05) is 4.72 Å². The smallest absolute Gasteiger partial charge is 0.263 e. The third-order valence-electron chi connectivity index (χ3n) is 1.91. The first-order chi connectivity index (χ1) is 7.18. The highest BCUT2D eigenvalue weighted by Gasteiger charge is 2.13. The maximum absolute atomic E-state index is 11.7. The number of nitrogens with one attached hydrogen (secondary N) is 2. The van der Waals surface area contributed by atoms with Crippen molar-refractivity contribution in [3.8, 4) is 0 Å². The van der Waals surface area contributed by atoms with Gasteiger partial charge in [0, 0.05) is 18.1 Å². The molecule has 0 spiro atoms. The lowest BCUT2D eigenvalue weighted by Crippen LogP contribution is -2.11. The summed E-state index contributed by atoms with van der Waals surface area (Å²) in [6.45, 7) is 0. The summed E-state index contributed by atoms with van der Waals surface area (Å²) < 4.78 is 25.9. The second-order valence-electron chi connectivity index (χ2n) is 3.02. The Balaban J connectivity index is 2.27. The minimum atomic E-state index is -3.45. The predicted octanol–water partition coefficient (Wildman–Crippen LogP) is 1.82. The molecular formula is C10H10N2O2S. The number of aromatic nitrogens is 1. The zero-order chi connectivity index (χ0) is 10.7. The van der Waals surface area contributed by atoms with Crippen LogP contribution in [-0.2, 0) is 10.0 Å². The van der Waals surface area contributed by atoms with E-state index in [0.717, 1.165) is 0 Å². The van der Waals surface area contributed by atoms with Crippen molar-refractivity contribution in [2.24, 2.45) is 0 Å². The lowest BCUT2D eigenvalue weighted by molar-refractivity contribution is 0.601. The number of rotatable bonds is 3. The van der Waals surface area contributed by atoms with Gasteiger partial charge in [-0.1, -0.05) is 18.2 Å². The molecule has 2 aromatic rings. The molecule has 1 aromatic heterocycles. The largest absolute Gasteiger partial charge is 0.366 e. The number of H-pyrrole nitrogens is 1. The van der Waals surface area contributed by atoms with Gasteiger partial charge in [-0.15, -0.1) is 0 Å². The molecule has 0 saturated carbocycles. The van der Waals surface area contributed by atoms with E-state index in [1.807, 2.05) is 6.07 Å². The van der Waals surface area contributed by atoms with Crippen molar-refractivity contribution >= 4 is 15.7 Å². The van der Waals surface area contributed by atoms with Crippen LogP contribution in [0.15, 0.2) is 53.7 Å². The van der Waals surface area contributed by atoms with Crippen LogP contribution in [0, 0.1) is 0 Å². The molecule has 1 aromatic carbocycles. The molecule has 78 valence electrons. The maximum Gasteiger partial charge on any atom is 0.263 e. The molecule has 2 N–H and O–H groups in total. The van der Waals surface area contributed by atoms with Crippen LogP contribution < -0.4 is 4.72 Å². The molecule has 0 bridgehead atoms. The van der Waals surface area contributed by atoms with Crippen molar-refractivity contribution in [1.82, 2.24) is 4.98 Å². The molecule has 0 aliphatic carbocycles. The van der Waals surface area contributed by atoms with Crippen LogP contribution >= 0.6 is 0 Å². The van der Waals surface area contributed by atoms with Gasteiger partial charge in [-0.25, -0.2) is 8.42 Å². The van der Waals surface area contributed by atoms with Crippen LogP contribution in [0.4, 0.5) is 5.69 Å². The Morgan fingerprint density at radius 3 is 2.40 bits per heavy atom. The molecule has 0 aliphatic rings. The molecule has 0 amide bonds. The molecule has 2 rings (SSSR count). The van der Waals surface area contributed by atoms with Crippen molar-refractivity contribution in [2.45, 2.75) is 4.90 Å². The number of para-hydroxylation sites is 1. The van der Waals surface area contributed by atoms with Gasteiger partial charge in [0.2, 0.25) is 0 Å². The Hall–Kier alpha value is -1.75. The third kappa shape index (κ3) is 2.19. The predicted molar refractivity (Wildman–Crippen MR) is 58.0 cm³/mol. The zero-order valence-corrected chi connectivity index (χ0v) is 8.66. The van der Waals surface area contributed by atoms with Crippen molar-refractivity contribution in [3.63, 3.8) is 0 Å². The van der Waals surface area contributed by atoms with Gasteiger partial charge in [-0.05, 0) is 18.2 Å². The summed E-state index contributed by atoms with van der Waals surface area (Å²) in [4.78, 5) is 2.93. The first kappa shape index (κ1) is 9.79. The zero-order valence-electron chi connectivity index (χ0n) is 7.84. The SMILES string of the molecule is O=S(=O)(Nc1ccccc1)c1cc[nH]c1. The van der Waals surface area contributed by atoms with Gasteiger partial charge in [-0.2, -0.15) is 0 Å². The van der Waals surface area contributed by atoms with Gasteiger partial charge in [0.05, 0.1) is 0 Å². The van der Waals surface area contributed by atoms with Gasteiger partial charge in [0.25, 0.3) is 10.0 Å². The van der Waals surface area contributed by atoms with Crippen molar-refractivity contribution < 1.29 is 8.42 Å². The van der Waals surface area contributed by atoms with Gasteiger partial charge in [0.15, 0.2) is 0 Å². The first-order valence-corrected chi connectivity index (χ1v) is 5.87. The molecule has 15 heavy (non-hydrogen) atoms. The van der Waals surface area contributed by atoms with Gasteiger partial charge < -0.3 is 4.98 Å². The lowest BCUT2D eigenvalue weighted by atomic mass is 10.3. The van der Waals surface area contributed by atoms with E-state index < -0.39 is 10.0 Å². The Bertz CT molecular complexity index is 518. The van der Waals surface area contributed by atoms with E-state index in [1.54, 1.807) is 30.5 Å². The number of aromatic amines is 1. The summed E-state index contributed by atoms with van der Waals surface area (Å²) in [5.74, 6) is 0. The van der Waals surface area contributed by atoms with Gasteiger partial charge in [-0.3, -0.25) is 4.72 Å². The molecule has 0 radical (unpaired) electrons. The summed E-state index contributed by atoms with van der Waals surface area (Å²) in [6.07, 6.45) is 3.00. The highest BCUT2D eigenvalue weighted by molar-refractivity contribution is 7.92. The van der Waals surface area contributed by atoms with E-state index in [4.69, 9.17) is 0 Å². The van der Waals surface area contributed by atoms with Crippen LogP contribution in [0.1, 0.15) is 0 Å². The average molecular weight is 222 g/mol. The fourth-order valence-corrected chi connectivity index (χ4v) is 2.23. The van der Waals surface area contributed by atoms with Crippen LogP contribution in [0.2, 0.25) is 0 Å². The fraction of sp³-hybridized carbons (Fsp3) is 0. The Kier molecular flexibility index (Phi) is 2.47. The minimum absolute atomic E-state index is 0.228. The summed E-state index contributed by atoms with van der Waals surface area (Å²) in [5, 5.41) is 0. The van der Waals surface area contributed by atoms with Crippen LogP contribution in [0.3, 0.4) is 0 Å². The normalized spacial score (nSPS) is 11.2. The highest BCUT2D eigenvalue weighted by atomic mass is 32.2. The second kappa shape index (κ2) is 3.78. The Morgan fingerprint density at radius 1 is 1.07 bits per heavy atom. The van der Waals surface area contributed by atoms with E-state index in [-0.39, 0.29) is 4.90 Å². The van der Waals surface area contributed by atoms with Crippen LogP contribution in [0.25, 0.3) is 0 Å². The Labute approximate surface area is 88.0 Å². The summed E-state index contributed by atoms with van der Waals surface area (Å²) in [6, 6.07) is 10.3. The standard InChI is InChI=1S/C10H10N2O2S/c13-15(14,10-6-7-11-8-10)12-9-4-2-1-3-5-9/h1-8,11-12H. The molecule has 0 unspecified atom stereocenters. The molecular weight excluding hydrogens is 212 g/mol. The monoisotopic (exact) mass is 222 g/mol.